The van der Waals surface area contributed by atoms with Crippen molar-refractivity contribution in [2.45, 2.75) is 31.7 Å². The minimum Gasteiger partial charge on any atom is -0.353 e. The summed E-state index contributed by atoms with van der Waals surface area (Å²) in [6.07, 6.45) is 2.86. The van der Waals surface area contributed by atoms with E-state index in [0.29, 0.717) is 19.5 Å². The predicted octanol–water partition coefficient (Wildman–Crippen LogP) is 4.19. The molecular weight excluding hydrogens is 360 g/mol. The van der Waals surface area contributed by atoms with Gasteiger partial charge in [-0.15, -0.1) is 0 Å². The van der Waals surface area contributed by atoms with E-state index in [-0.39, 0.29) is 17.9 Å². The molecular formula is C25H26N2O2. The van der Waals surface area contributed by atoms with Crippen LogP contribution in [0, 0.1) is 0 Å². The molecule has 4 rings (SSSR count). The Balaban J connectivity index is 1.27. The Morgan fingerprint density at radius 1 is 0.862 bits per heavy atom. The summed E-state index contributed by atoms with van der Waals surface area (Å²) in [6.45, 7) is 1.35. The number of benzene rings is 3. The third-order valence-corrected chi connectivity index (χ3v) is 5.63. The van der Waals surface area contributed by atoms with Crippen molar-refractivity contribution in [1.29, 1.82) is 0 Å². The van der Waals surface area contributed by atoms with Gasteiger partial charge in [0.15, 0.2) is 0 Å². The van der Waals surface area contributed by atoms with Crippen LogP contribution in [0.5, 0.6) is 0 Å². The van der Waals surface area contributed by atoms with E-state index < -0.39 is 0 Å². The van der Waals surface area contributed by atoms with Crippen molar-refractivity contribution < 1.29 is 9.59 Å². The Bertz CT molecular complexity index is 992. The number of piperidine rings is 1. The van der Waals surface area contributed by atoms with Gasteiger partial charge in [0.1, 0.15) is 0 Å². The van der Waals surface area contributed by atoms with E-state index in [2.05, 4.69) is 11.4 Å². The summed E-state index contributed by atoms with van der Waals surface area (Å²) in [5.41, 5.74) is 1.91. The van der Waals surface area contributed by atoms with E-state index in [4.69, 9.17) is 0 Å². The smallest absolute Gasteiger partial charge is 0.253 e. The van der Waals surface area contributed by atoms with Crippen molar-refractivity contribution in [3.05, 3.63) is 83.9 Å². The molecule has 3 aromatic rings. The summed E-state index contributed by atoms with van der Waals surface area (Å²) in [6, 6.07) is 24.2. The van der Waals surface area contributed by atoms with Gasteiger partial charge in [-0.2, -0.15) is 0 Å². The molecule has 148 valence electrons. The number of likely N-dealkylation sites (tertiary alicyclic amines) is 1. The zero-order valence-electron chi connectivity index (χ0n) is 16.5. The van der Waals surface area contributed by atoms with E-state index >= 15 is 0 Å². The molecule has 0 aliphatic carbocycles. The lowest BCUT2D eigenvalue weighted by molar-refractivity contribution is -0.122. The maximum absolute atomic E-state index is 12.9. The molecule has 4 nitrogen and oxygen atoms in total. The van der Waals surface area contributed by atoms with Crippen LogP contribution in [-0.2, 0) is 11.2 Å². The van der Waals surface area contributed by atoms with Gasteiger partial charge in [-0.1, -0.05) is 60.7 Å². The van der Waals surface area contributed by atoms with Gasteiger partial charge in [-0.05, 0) is 47.7 Å². The summed E-state index contributed by atoms with van der Waals surface area (Å²) in [7, 11) is 0. The average Bonchev–Trinajstić information content (AvgIpc) is 2.78. The SMILES string of the molecule is O=C(CCc1ccccc1)NC1CCN(C(=O)c2ccc3ccccc3c2)CC1. The molecule has 1 heterocycles. The van der Waals surface area contributed by atoms with Gasteiger partial charge in [0.25, 0.3) is 5.91 Å². The van der Waals surface area contributed by atoms with Gasteiger partial charge < -0.3 is 10.2 Å². The first kappa shape index (κ1) is 19.2. The Morgan fingerprint density at radius 2 is 1.55 bits per heavy atom. The molecule has 0 radical (unpaired) electrons. The monoisotopic (exact) mass is 386 g/mol. The van der Waals surface area contributed by atoms with Crippen molar-refractivity contribution >= 4 is 22.6 Å². The third-order valence-electron chi connectivity index (χ3n) is 5.63. The lowest BCUT2D eigenvalue weighted by atomic mass is 10.0. The van der Waals surface area contributed by atoms with Crippen LogP contribution in [0.2, 0.25) is 0 Å². The highest BCUT2D eigenvalue weighted by molar-refractivity contribution is 5.98. The Morgan fingerprint density at radius 3 is 2.31 bits per heavy atom. The van der Waals surface area contributed by atoms with E-state index in [1.165, 1.54) is 5.56 Å². The van der Waals surface area contributed by atoms with Crippen LogP contribution >= 0.6 is 0 Å². The lowest BCUT2D eigenvalue weighted by Gasteiger charge is -2.32. The van der Waals surface area contributed by atoms with Gasteiger partial charge in [0.05, 0.1) is 0 Å². The molecule has 0 bridgehead atoms. The van der Waals surface area contributed by atoms with Crippen LogP contribution in [0.25, 0.3) is 10.8 Å². The first-order chi connectivity index (χ1) is 14.2. The summed E-state index contributed by atoms with van der Waals surface area (Å²) < 4.78 is 0. The summed E-state index contributed by atoms with van der Waals surface area (Å²) in [4.78, 5) is 27.0. The second-order valence-corrected chi connectivity index (χ2v) is 7.68. The molecule has 2 amide bonds. The fraction of sp³-hybridized carbons (Fsp3) is 0.280. The molecule has 1 aliphatic heterocycles. The third kappa shape index (κ3) is 4.83. The van der Waals surface area contributed by atoms with Crippen LogP contribution in [-0.4, -0.2) is 35.8 Å². The highest BCUT2D eigenvalue weighted by Crippen LogP contribution is 2.19. The van der Waals surface area contributed by atoms with Crippen molar-refractivity contribution in [3.8, 4) is 0 Å². The quantitative estimate of drug-likeness (QED) is 0.715. The maximum atomic E-state index is 12.9. The van der Waals surface area contributed by atoms with Crippen molar-refractivity contribution in [2.75, 3.05) is 13.1 Å². The van der Waals surface area contributed by atoms with Crippen molar-refractivity contribution in [2.24, 2.45) is 0 Å². The molecule has 0 saturated carbocycles. The van der Waals surface area contributed by atoms with Crippen LogP contribution < -0.4 is 5.32 Å². The first-order valence-corrected chi connectivity index (χ1v) is 10.3. The van der Waals surface area contributed by atoms with Gasteiger partial charge in [0, 0.05) is 31.1 Å². The van der Waals surface area contributed by atoms with Crippen LogP contribution in [0.3, 0.4) is 0 Å². The summed E-state index contributed by atoms with van der Waals surface area (Å²) in [5.74, 6) is 0.165. The van der Waals surface area contributed by atoms with E-state index in [0.717, 1.165) is 35.6 Å². The lowest BCUT2D eigenvalue weighted by Crippen LogP contribution is -2.46. The van der Waals surface area contributed by atoms with Crippen LogP contribution in [0.4, 0.5) is 0 Å². The Labute approximate surface area is 171 Å². The van der Waals surface area contributed by atoms with E-state index in [1.54, 1.807) is 0 Å². The molecule has 4 heteroatoms. The number of rotatable bonds is 5. The van der Waals surface area contributed by atoms with Gasteiger partial charge in [-0.3, -0.25) is 9.59 Å². The standard InChI is InChI=1S/C25H26N2O2/c28-24(13-10-19-6-2-1-3-7-19)26-23-14-16-27(17-15-23)25(29)22-12-11-20-8-4-5-9-21(20)18-22/h1-9,11-12,18,23H,10,13-17H2,(H,26,28). The summed E-state index contributed by atoms with van der Waals surface area (Å²) >= 11 is 0. The number of aryl methyl sites for hydroxylation is 1. The molecule has 1 N–H and O–H groups in total. The normalized spacial score (nSPS) is 14.7. The minimum absolute atomic E-state index is 0.0737. The molecule has 1 aliphatic rings. The fourth-order valence-electron chi connectivity index (χ4n) is 3.93. The molecule has 3 aromatic carbocycles. The van der Waals surface area contributed by atoms with Gasteiger partial charge >= 0.3 is 0 Å². The largest absolute Gasteiger partial charge is 0.353 e. The number of hydrogen-bond acceptors (Lipinski definition) is 2. The molecule has 0 aromatic heterocycles. The van der Waals surface area contributed by atoms with Crippen LogP contribution in [0.1, 0.15) is 35.2 Å². The predicted molar refractivity (Wildman–Crippen MR) is 116 cm³/mol. The molecule has 1 saturated heterocycles. The van der Waals surface area contributed by atoms with E-state index in [9.17, 15) is 9.59 Å². The number of nitrogens with one attached hydrogen (secondary N) is 1. The molecule has 0 atom stereocenters. The van der Waals surface area contributed by atoms with Crippen LogP contribution in [0.15, 0.2) is 72.8 Å². The Hall–Kier alpha value is -3.14. The minimum atomic E-state index is 0.0737. The molecule has 0 unspecified atom stereocenters. The van der Waals surface area contributed by atoms with Gasteiger partial charge in [-0.25, -0.2) is 0 Å². The number of fused-ring (bicyclic) bond motifs is 1. The second kappa shape index (κ2) is 8.91. The number of carbonyl (C=O) groups excluding carboxylic acids is 2. The number of amides is 2. The average molecular weight is 386 g/mol. The molecule has 1 fully saturated rings. The Kier molecular flexibility index (Phi) is 5.89. The number of carbonyl (C=O) groups is 2. The summed E-state index contributed by atoms with van der Waals surface area (Å²) in [5, 5.41) is 5.36. The van der Waals surface area contributed by atoms with Crippen molar-refractivity contribution in [3.63, 3.8) is 0 Å². The first-order valence-electron chi connectivity index (χ1n) is 10.3. The van der Waals surface area contributed by atoms with Gasteiger partial charge in [0.2, 0.25) is 5.91 Å². The zero-order valence-corrected chi connectivity index (χ0v) is 16.5. The maximum Gasteiger partial charge on any atom is 0.253 e. The highest BCUT2D eigenvalue weighted by atomic mass is 16.2. The second-order valence-electron chi connectivity index (χ2n) is 7.68. The fourth-order valence-corrected chi connectivity index (χ4v) is 3.93. The molecule has 0 spiro atoms. The van der Waals surface area contributed by atoms with E-state index in [1.807, 2.05) is 71.6 Å². The number of nitrogens with zero attached hydrogens (tertiary/aromatic N) is 1. The number of hydrogen-bond donors (Lipinski definition) is 1. The van der Waals surface area contributed by atoms with Crippen molar-refractivity contribution in [1.82, 2.24) is 10.2 Å². The zero-order chi connectivity index (χ0) is 20.1. The topological polar surface area (TPSA) is 49.4 Å². The highest BCUT2D eigenvalue weighted by Gasteiger charge is 2.24. The molecule has 29 heavy (non-hydrogen) atoms.